The molecule has 2 N–H and O–H groups in total. The minimum Gasteiger partial charge on any atom is -0.482 e. The van der Waals surface area contributed by atoms with Crippen LogP contribution in [0.5, 0.6) is 5.75 Å². The maximum absolute atomic E-state index is 12.6. The smallest absolute Gasteiger partial charge is 0.286 e. The molecule has 1 aliphatic rings. The van der Waals surface area contributed by atoms with Gasteiger partial charge in [0, 0.05) is 5.56 Å². The molecule has 1 atom stereocenters. The maximum Gasteiger partial charge on any atom is 0.286 e. The van der Waals surface area contributed by atoms with E-state index in [9.17, 15) is 4.79 Å². The summed E-state index contributed by atoms with van der Waals surface area (Å²) in [5, 5.41) is 17.5. The summed E-state index contributed by atoms with van der Waals surface area (Å²) in [6.45, 7) is 2.45. The van der Waals surface area contributed by atoms with E-state index in [0.717, 1.165) is 28.7 Å². The molecular formula is C26H24ClN7O2S. The van der Waals surface area contributed by atoms with Gasteiger partial charge in [0.15, 0.2) is 11.8 Å². The number of hydrogen-bond donors (Lipinski definition) is 2. The topological polar surface area (TPSA) is 108 Å². The van der Waals surface area contributed by atoms with Gasteiger partial charge in [0.05, 0.1) is 16.9 Å². The highest BCUT2D eigenvalue weighted by molar-refractivity contribution is 8.14. The largest absolute Gasteiger partial charge is 0.482 e. The van der Waals surface area contributed by atoms with E-state index in [1.165, 1.54) is 11.8 Å². The molecule has 4 aromatic rings. The molecule has 2 heterocycles. The Kier molecular flexibility index (Phi) is 7.79. The van der Waals surface area contributed by atoms with Crippen molar-refractivity contribution in [3.05, 3.63) is 83.4 Å². The average Bonchev–Trinajstić information content (AvgIpc) is 3.59. The van der Waals surface area contributed by atoms with Crippen LogP contribution in [0, 0.1) is 0 Å². The number of aromatic amines is 1. The summed E-state index contributed by atoms with van der Waals surface area (Å²) in [6.07, 6.45) is 0.885. The van der Waals surface area contributed by atoms with E-state index in [0.29, 0.717) is 28.3 Å². The van der Waals surface area contributed by atoms with Crippen molar-refractivity contribution in [1.29, 1.82) is 0 Å². The minimum atomic E-state index is -0.376. The number of carbonyl (C=O) groups is 1. The molecule has 3 aromatic carbocycles. The van der Waals surface area contributed by atoms with E-state index in [1.807, 2.05) is 29.3 Å². The second-order valence-corrected chi connectivity index (χ2v) is 9.79. The minimum absolute atomic E-state index is 0.136. The number of aliphatic imine (C=N–C) groups is 1. The van der Waals surface area contributed by atoms with Crippen LogP contribution in [-0.2, 0) is 11.3 Å². The van der Waals surface area contributed by atoms with Gasteiger partial charge in [0.2, 0.25) is 5.82 Å². The van der Waals surface area contributed by atoms with Crippen molar-refractivity contribution >= 4 is 34.4 Å². The average molecular weight is 534 g/mol. The molecule has 11 heteroatoms. The first kappa shape index (κ1) is 24.9. The number of ether oxygens (including phenoxy) is 1. The number of nitrogens with zero attached hydrogens (tertiary/aromatic N) is 5. The summed E-state index contributed by atoms with van der Waals surface area (Å²) < 4.78 is 5.56. The highest BCUT2D eigenvalue weighted by Crippen LogP contribution is 2.31. The monoisotopic (exact) mass is 533 g/mol. The lowest BCUT2D eigenvalue weighted by Gasteiger charge is -2.19. The molecule has 1 aliphatic heterocycles. The van der Waals surface area contributed by atoms with Crippen LogP contribution in [0.1, 0.15) is 18.9 Å². The number of thioether (sulfide) groups is 1. The van der Waals surface area contributed by atoms with Gasteiger partial charge in [-0.1, -0.05) is 91.0 Å². The van der Waals surface area contributed by atoms with E-state index < -0.39 is 0 Å². The van der Waals surface area contributed by atoms with E-state index in [4.69, 9.17) is 16.3 Å². The van der Waals surface area contributed by atoms with Crippen LogP contribution in [0.2, 0.25) is 5.02 Å². The molecule has 1 aromatic heterocycles. The third-order valence-electron chi connectivity index (χ3n) is 5.68. The van der Waals surface area contributed by atoms with Gasteiger partial charge in [0.1, 0.15) is 5.75 Å². The number of hydrazine groups is 1. The Bertz CT molecular complexity index is 1400. The number of halogens is 1. The number of para-hydroxylation sites is 1. The highest BCUT2D eigenvalue weighted by Gasteiger charge is 2.28. The molecule has 188 valence electrons. The van der Waals surface area contributed by atoms with Crippen molar-refractivity contribution in [2.24, 2.45) is 4.99 Å². The van der Waals surface area contributed by atoms with Crippen LogP contribution in [-0.4, -0.2) is 48.7 Å². The third-order valence-corrected chi connectivity index (χ3v) is 7.23. The molecule has 1 saturated heterocycles. The van der Waals surface area contributed by atoms with Gasteiger partial charge < -0.3 is 4.74 Å². The Hall–Kier alpha value is -3.73. The van der Waals surface area contributed by atoms with E-state index in [-0.39, 0.29) is 17.9 Å². The Balaban J connectivity index is 1.29. The number of hydrogen-bond acceptors (Lipinski definition) is 7. The van der Waals surface area contributed by atoms with E-state index >= 15 is 0 Å². The lowest BCUT2D eigenvalue weighted by atomic mass is 9.98. The molecule has 0 saturated carbocycles. The summed E-state index contributed by atoms with van der Waals surface area (Å²) in [5.41, 5.74) is 7.45. The molecule has 5 rings (SSSR count). The summed E-state index contributed by atoms with van der Waals surface area (Å²) in [7, 11) is 0. The van der Waals surface area contributed by atoms with Gasteiger partial charge in [-0.3, -0.25) is 9.80 Å². The standard InChI is InChI=1S/C26H24ClN7O2S/c1-2-24-31-34(26(37-24)28-23(35)16-36-22-10-6-5-9-21(22)27)15-17-11-13-18(14-12-17)19-7-3-4-8-20(19)25-29-32-33-30-25/h3-14,24,31H,2,15-16H2,1H3,(H,29,30,32,33). The zero-order valence-corrected chi connectivity index (χ0v) is 21.5. The van der Waals surface area contributed by atoms with Crippen LogP contribution < -0.4 is 10.2 Å². The molecule has 1 fully saturated rings. The number of rotatable bonds is 8. The number of amidine groups is 1. The van der Waals surface area contributed by atoms with Gasteiger partial charge in [-0.2, -0.15) is 10.2 Å². The van der Waals surface area contributed by atoms with Crippen LogP contribution in [0.4, 0.5) is 0 Å². The highest BCUT2D eigenvalue weighted by atomic mass is 35.5. The van der Waals surface area contributed by atoms with E-state index in [2.05, 4.69) is 62.2 Å². The quantitative estimate of drug-likeness (QED) is 0.328. The second-order valence-electron chi connectivity index (χ2n) is 8.22. The molecule has 1 unspecified atom stereocenters. The number of benzene rings is 3. The summed E-state index contributed by atoms with van der Waals surface area (Å²) >= 11 is 7.64. The Morgan fingerprint density at radius 3 is 2.57 bits per heavy atom. The van der Waals surface area contributed by atoms with E-state index in [1.54, 1.807) is 24.3 Å². The van der Waals surface area contributed by atoms with Gasteiger partial charge in [-0.05, 0) is 40.5 Å². The van der Waals surface area contributed by atoms with Gasteiger partial charge in [-0.15, -0.1) is 10.2 Å². The summed E-state index contributed by atoms with van der Waals surface area (Å²) in [5.74, 6) is 0.631. The number of aromatic nitrogens is 4. The molecule has 9 nitrogen and oxygen atoms in total. The number of amides is 1. The number of nitrogens with one attached hydrogen (secondary N) is 2. The van der Waals surface area contributed by atoms with Crippen LogP contribution in [0.25, 0.3) is 22.5 Å². The lowest BCUT2D eigenvalue weighted by Crippen LogP contribution is -2.37. The van der Waals surface area contributed by atoms with Crippen molar-refractivity contribution in [1.82, 2.24) is 31.1 Å². The predicted octanol–water partition coefficient (Wildman–Crippen LogP) is 4.94. The zero-order chi connectivity index (χ0) is 25.6. The maximum atomic E-state index is 12.6. The third kappa shape index (κ3) is 5.99. The molecule has 0 spiro atoms. The fourth-order valence-corrected chi connectivity index (χ4v) is 5.03. The number of H-pyrrole nitrogens is 1. The van der Waals surface area contributed by atoms with Crippen molar-refractivity contribution in [2.45, 2.75) is 25.3 Å². The first-order valence-corrected chi connectivity index (χ1v) is 13.0. The van der Waals surface area contributed by atoms with Gasteiger partial charge >= 0.3 is 0 Å². The van der Waals surface area contributed by atoms with Crippen molar-refractivity contribution in [3.63, 3.8) is 0 Å². The normalized spacial score (nSPS) is 16.3. The fourth-order valence-electron chi connectivity index (χ4n) is 3.84. The molecule has 0 bridgehead atoms. The van der Waals surface area contributed by atoms with Gasteiger partial charge in [-0.25, -0.2) is 5.43 Å². The van der Waals surface area contributed by atoms with Crippen molar-refractivity contribution < 1.29 is 9.53 Å². The molecule has 0 radical (unpaired) electrons. The zero-order valence-electron chi connectivity index (χ0n) is 20.0. The predicted molar refractivity (Wildman–Crippen MR) is 145 cm³/mol. The Morgan fingerprint density at radius 1 is 1.08 bits per heavy atom. The molecule has 37 heavy (non-hydrogen) atoms. The molecular weight excluding hydrogens is 510 g/mol. The fraction of sp³-hybridized carbons (Fsp3) is 0.192. The van der Waals surface area contributed by atoms with Gasteiger partial charge in [0.25, 0.3) is 5.91 Å². The first-order chi connectivity index (χ1) is 18.1. The molecule has 0 aliphatic carbocycles. The van der Waals surface area contributed by atoms with Crippen LogP contribution >= 0.6 is 23.4 Å². The lowest BCUT2D eigenvalue weighted by molar-refractivity contribution is -0.119. The Labute approximate surface area is 223 Å². The second kappa shape index (κ2) is 11.5. The SMILES string of the molecule is CCC1NN(Cc2ccc(-c3ccccc3-c3nn[nH]n3)cc2)C(=NC(=O)COc2ccccc2Cl)S1. The Morgan fingerprint density at radius 2 is 1.84 bits per heavy atom. The van der Waals surface area contributed by atoms with Crippen molar-refractivity contribution in [3.8, 4) is 28.3 Å². The van der Waals surface area contributed by atoms with Crippen molar-refractivity contribution in [2.75, 3.05) is 6.61 Å². The summed E-state index contributed by atoms with van der Waals surface area (Å²) in [6, 6.07) is 23.2. The summed E-state index contributed by atoms with van der Waals surface area (Å²) in [4.78, 5) is 16.9. The number of tetrazole rings is 1. The van der Waals surface area contributed by atoms with Crippen LogP contribution in [0.3, 0.4) is 0 Å². The molecule has 1 amide bonds. The number of carbonyl (C=O) groups excluding carboxylic acids is 1. The first-order valence-electron chi connectivity index (χ1n) is 11.7. The van der Waals surface area contributed by atoms with Crippen LogP contribution in [0.15, 0.2) is 77.8 Å².